The molecule has 0 aromatic carbocycles. The first-order valence-electron chi connectivity index (χ1n) is 30.3. The van der Waals surface area contributed by atoms with Gasteiger partial charge in [-0.15, -0.1) is 0 Å². The number of phosphoric ester groups is 1. The molecule has 1 N–H and O–H groups in total. The highest BCUT2D eigenvalue weighted by Gasteiger charge is 2.27. The van der Waals surface area contributed by atoms with Crippen molar-refractivity contribution in [3.8, 4) is 0 Å². The van der Waals surface area contributed by atoms with Crippen LogP contribution in [0, 0.1) is 0 Å². The Hall–Kier alpha value is -1.77. The molecule has 0 saturated carbocycles. The monoisotopic (exact) mass is 1020 g/mol. The Balaban J connectivity index is 5.26. The molecule has 0 aliphatic carbocycles. The van der Waals surface area contributed by atoms with Crippen LogP contribution in [0.3, 0.4) is 0 Å². The number of likely N-dealkylation sites (N-methyl/N-ethyl adjacent to an activating group) is 1. The van der Waals surface area contributed by atoms with Crippen molar-refractivity contribution < 1.29 is 37.3 Å². The minimum atomic E-state index is -4.69. The number of amides is 1. The van der Waals surface area contributed by atoms with Gasteiger partial charge in [0, 0.05) is 12.8 Å². The molecule has 3 atom stereocenters. The number of ether oxygens (including phenoxy) is 1. The number of esters is 1. The third-order valence-corrected chi connectivity index (χ3v) is 14.5. The van der Waals surface area contributed by atoms with E-state index in [1.807, 2.05) is 33.3 Å². The highest BCUT2D eigenvalue weighted by Crippen LogP contribution is 2.38. The maximum Gasteiger partial charge on any atom is 0.306 e. The molecule has 10 heteroatoms. The predicted octanol–water partition coefficient (Wildman–Crippen LogP) is 17.7. The van der Waals surface area contributed by atoms with Gasteiger partial charge in [-0.3, -0.25) is 14.2 Å². The normalized spacial score (nSPS) is 14.0. The summed E-state index contributed by atoms with van der Waals surface area (Å²) in [7, 11) is 1.19. The Morgan fingerprint density at radius 2 is 0.859 bits per heavy atom. The number of quaternary nitrogens is 1. The summed E-state index contributed by atoms with van der Waals surface area (Å²) in [5.41, 5.74) is 0. The number of unbranched alkanes of at least 4 members (excludes halogenated alkanes) is 35. The lowest BCUT2D eigenvalue weighted by Crippen LogP contribution is -2.47. The van der Waals surface area contributed by atoms with Crippen molar-refractivity contribution in [2.24, 2.45) is 0 Å². The molecule has 0 aliphatic rings. The summed E-state index contributed by atoms with van der Waals surface area (Å²) in [5, 5.41) is 3.03. The van der Waals surface area contributed by atoms with Gasteiger partial charge in [-0.25, -0.2) is 0 Å². The number of nitrogens with one attached hydrogen (secondary N) is 1. The van der Waals surface area contributed by atoms with E-state index >= 15 is 0 Å². The van der Waals surface area contributed by atoms with Crippen molar-refractivity contribution in [1.29, 1.82) is 0 Å². The second kappa shape index (κ2) is 51.7. The summed E-state index contributed by atoms with van der Waals surface area (Å²) in [6.45, 7) is 6.84. The average Bonchev–Trinajstić information content (AvgIpc) is 3.33. The van der Waals surface area contributed by atoms with E-state index in [4.69, 9.17) is 13.8 Å². The van der Waals surface area contributed by atoms with E-state index in [0.717, 1.165) is 77.0 Å². The first-order chi connectivity index (χ1) is 34.4. The maximum atomic E-state index is 13.5. The standard InChI is InChI=1S/C61H117N2O7P/c1-7-10-13-16-19-22-25-28-30-31-32-33-34-35-38-41-44-47-50-53-60(64)62-58(57-69-71(66,67)68-56-55-63(4,5)6)59(52-49-46-43-40-37-27-24-21-18-15-12-9-3)70-61(65)54-51-48-45-42-39-36-29-26-23-20-17-14-11-8-2/h19,22,28,30,49,52,58-59H,7-18,20-21,23-27,29,31-48,50-51,53-57H2,1-6H3,(H-,62,64,66,67)/b22-19-,30-28-,52-49-. The number of carbonyl (C=O) groups is 2. The summed E-state index contributed by atoms with van der Waals surface area (Å²) < 4.78 is 30.3. The van der Waals surface area contributed by atoms with Gasteiger partial charge in [0.1, 0.15) is 19.3 Å². The van der Waals surface area contributed by atoms with Gasteiger partial charge in [-0.1, -0.05) is 250 Å². The number of rotatable bonds is 55. The van der Waals surface area contributed by atoms with Crippen LogP contribution in [0.4, 0.5) is 0 Å². The molecule has 3 unspecified atom stereocenters. The Morgan fingerprint density at radius 1 is 0.493 bits per heavy atom. The highest BCUT2D eigenvalue weighted by molar-refractivity contribution is 7.45. The van der Waals surface area contributed by atoms with E-state index in [2.05, 4.69) is 50.4 Å². The Labute approximate surface area is 440 Å². The van der Waals surface area contributed by atoms with Crippen LogP contribution in [-0.2, 0) is 27.9 Å². The number of allylic oxidation sites excluding steroid dienone is 5. The molecular weight excluding hydrogens is 904 g/mol. The molecule has 0 bridgehead atoms. The number of carbonyl (C=O) groups excluding carboxylic acids is 2. The summed E-state index contributed by atoms with van der Waals surface area (Å²) in [6.07, 6.45) is 61.0. The minimum Gasteiger partial charge on any atom is -0.756 e. The Kier molecular flexibility index (Phi) is 50.4. The molecule has 418 valence electrons. The van der Waals surface area contributed by atoms with Gasteiger partial charge in [0.2, 0.25) is 5.91 Å². The van der Waals surface area contributed by atoms with Crippen LogP contribution in [0.2, 0.25) is 0 Å². The molecule has 1 amide bonds. The van der Waals surface area contributed by atoms with Crippen molar-refractivity contribution in [2.75, 3.05) is 40.9 Å². The Bertz CT molecular complexity index is 1310. The first-order valence-corrected chi connectivity index (χ1v) is 31.8. The van der Waals surface area contributed by atoms with Crippen LogP contribution >= 0.6 is 7.82 Å². The summed E-state index contributed by atoms with van der Waals surface area (Å²) in [4.78, 5) is 39.9. The lowest BCUT2D eigenvalue weighted by molar-refractivity contribution is -0.870. The highest BCUT2D eigenvalue weighted by atomic mass is 31.2. The smallest absolute Gasteiger partial charge is 0.306 e. The van der Waals surface area contributed by atoms with Crippen LogP contribution in [0.5, 0.6) is 0 Å². The van der Waals surface area contributed by atoms with Crippen LogP contribution in [0.25, 0.3) is 0 Å². The van der Waals surface area contributed by atoms with E-state index in [-0.39, 0.29) is 31.5 Å². The first kappa shape index (κ1) is 69.2. The van der Waals surface area contributed by atoms with Crippen molar-refractivity contribution in [1.82, 2.24) is 5.32 Å². The fourth-order valence-corrected chi connectivity index (χ4v) is 9.57. The van der Waals surface area contributed by atoms with Gasteiger partial charge in [-0.2, -0.15) is 0 Å². The Morgan fingerprint density at radius 3 is 1.30 bits per heavy atom. The fourth-order valence-electron chi connectivity index (χ4n) is 8.85. The molecule has 0 spiro atoms. The summed E-state index contributed by atoms with van der Waals surface area (Å²) >= 11 is 0. The number of hydrogen-bond donors (Lipinski definition) is 1. The number of hydrogen-bond acceptors (Lipinski definition) is 7. The van der Waals surface area contributed by atoms with Crippen molar-refractivity contribution >= 4 is 19.7 Å². The van der Waals surface area contributed by atoms with Gasteiger partial charge in [0.05, 0.1) is 33.8 Å². The van der Waals surface area contributed by atoms with Crippen molar-refractivity contribution in [3.05, 3.63) is 36.5 Å². The molecule has 0 aliphatic heterocycles. The van der Waals surface area contributed by atoms with Crippen molar-refractivity contribution in [3.63, 3.8) is 0 Å². The van der Waals surface area contributed by atoms with E-state index in [1.165, 1.54) is 180 Å². The second-order valence-corrected chi connectivity index (χ2v) is 23.3. The molecule has 0 aromatic rings. The molecule has 0 fully saturated rings. The van der Waals surface area contributed by atoms with Gasteiger partial charge < -0.3 is 28.5 Å². The van der Waals surface area contributed by atoms with Crippen LogP contribution in [0.15, 0.2) is 36.5 Å². The van der Waals surface area contributed by atoms with Gasteiger partial charge >= 0.3 is 5.97 Å². The van der Waals surface area contributed by atoms with E-state index < -0.39 is 20.0 Å². The lowest BCUT2D eigenvalue weighted by Gasteiger charge is -2.30. The van der Waals surface area contributed by atoms with Gasteiger partial charge in [0.15, 0.2) is 0 Å². The molecule has 0 aromatic heterocycles. The van der Waals surface area contributed by atoms with E-state index in [9.17, 15) is 19.0 Å². The van der Waals surface area contributed by atoms with E-state index in [1.54, 1.807) is 0 Å². The fraction of sp³-hybridized carbons (Fsp3) is 0.869. The van der Waals surface area contributed by atoms with Crippen molar-refractivity contribution in [2.45, 2.75) is 303 Å². The maximum absolute atomic E-state index is 13.5. The third-order valence-electron chi connectivity index (χ3n) is 13.6. The second-order valence-electron chi connectivity index (χ2n) is 21.9. The minimum absolute atomic E-state index is 0.0210. The summed E-state index contributed by atoms with van der Waals surface area (Å²) in [6, 6.07) is -0.885. The third kappa shape index (κ3) is 52.9. The largest absolute Gasteiger partial charge is 0.756 e. The van der Waals surface area contributed by atoms with Gasteiger partial charge in [-0.05, 0) is 63.9 Å². The van der Waals surface area contributed by atoms with Crippen LogP contribution < -0.4 is 10.2 Å². The zero-order valence-corrected chi connectivity index (χ0v) is 48.6. The average molecular weight is 1020 g/mol. The lowest BCUT2D eigenvalue weighted by atomic mass is 10.0. The molecule has 0 radical (unpaired) electrons. The molecule has 71 heavy (non-hydrogen) atoms. The zero-order valence-electron chi connectivity index (χ0n) is 47.7. The van der Waals surface area contributed by atoms with Gasteiger partial charge in [0.25, 0.3) is 7.82 Å². The molecular formula is C61H117N2O7P. The zero-order chi connectivity index (χ0) is 52.2. The molecule has 0 heterocycles. The molecule has 9 nitrogen and oxygen atoms in total. The quantitative estimate of drug-likeness (QED) is 0.0212. The molecule has 0 rings (SSSR count). The van der Waals surface area contributed by atoms with E-state index in [0.29, 0.717) is 17.4 Å². The molecule has 0 saturated heterocycles. The number of phosphoric acid groups is 1. The predicted molar refractivity (Wildman–Crippen MR) is 303 cm³/mol. The summed E-state index contributed by atoms with van der Waals surface area (Å²) in [5.74, 6) is -0.534. The number of nitrogens with zero attached hydrogens (tertiary/aromatic N) is 1. The topological polar surface area (TPSA) is 114 Å². The van der Waals surface area contributed by atoms with Crippen LogP contribution in [0.1, 0.15) is 290 Å². The SMILES string of the molecule is CCCCC/C=C\C/C=C\CCCCCCCCCCCC(=O)NC(COP(=O)([O-])OCC[N+](C)(C)C)C(/C=C\CCCCCCCCCCCC)OC(=O)CCCCCCCCCCCCCCCC. The van der Waals surface area contributed by atoms with Crippen LogP contribution in [-0.4, -0.2) is 69.4 Å².